The van der Waals surface area contributed by atoms with E-state index in [4.69, 9.17) is 17.0 Å². The maximum absolute atomic E-state index is 5.23. The van der Waals surface area contributed by atoms with Gasteiger partial charge in [0.1, 0.15) is 12.1 Å². The van der Waals surface area contributed by atoms with Gasteiger partial charge in [-0.05, 0) is 25.1 Å². The lowest BCUT2D eigenvalue weighted by atomic mass is 10.3. The summed E-state index contributed by atoms with van der Waals surface area (Å²) in [7, 11) is 1.57. The summed E-state index contributed by atoms with van der Waals surface area (Å²) in [6.45, 7) is 0. The van der Waals surface area contributed by atoms with Crippen molar-refractivity contribution in [3.05, 3.63) is 12.4 Å². The molecule has 0 aromatic carbocycles. The van der Waals surface area contributed by atoms with Crippen LogP contribution >= 0.6 is 12.2 Å². The maximum Gasteiger partial charge on any atom is 0.218 e. The van der Waals surface area contributed by atoms with E-state index in [9.17, 15) is 0 Å². The van der Waals surface area contributed by atoms with Crippen LogP contribution in [-0.4, -0.2) is 28.2 Å². The van der Waals surface area contributed by atoms with Crippen molar-refractivity contribution in [2.75, 3.05) is 12.4 Å². The van der Waals surface area contributed by atoms with Crippen LogP contribution in [0.15, 0.2) is 12.4 Å². The van der Waals surface area contributed by atoms with E-state index in [0.29, 0.717) is 22.9 Å². The number of methoxy groups -OCH3 is 1. The molecule has 0 bridgehead atoms. The SMILES string of the molecule is COc1cc(NC(=S)NC2CCCC2)ncn1. The summed E-state index contributed by atoms with van der Waals surface area (Å²) in [4.78, 5) is 8.00. The average molecular weight is 252 g/mol. The van der Waals surface area contributed by atoms with Crippen LogP contribution in [0.2, 0.25) is 0 Å². The molecular formula is C11H16N4OS. The second-order valence-corrected chi connectivity index (χ2v) is 4.43. The monoisotopic (exact) mass is 252 g/mol. The number of rotatable bonds is 3. The van der Waals surface area contributed by atoms with Crippen molar-refractivity contribution in [1.29, 1.82) is 0 Å². The van der Waals surface area contributed by atoms with Crippen LogP contribution in [-0.2, 0) is 0 Å². The number of hydrogen-bond donors (Lipinski definition) is 2. The van der Waals surface area contributed by atoms with E-state index in [0.717, 1.165) is 0 Å². The third-order valence-electron chi connectivity index (χ3n) is 2.78. The Labute approximate surface area is 106 Å². The van der Waals surface area contributed by atoms with Crippen LogP contribution in [0.1, 0.15) is 25.7 Å². The lowest BCUT2D eigenvalue weighted by Crippen LogP contribution is -2.36. The molecule has 1 heterocycles. The summed E-state index contributed by atoms with van der Waals surface area (Å²) < 4.78 is 5.02. The number of aromatic nitrogens is 2. The number of ether oxygens (including phenoxy) is 1. The first-order valence-electron chi connectivity index (χ1n) is 5.71. The largest absolute Gasteiger partial charge is 0.481 e. The van der Waals surface area contributed by atoms with Crippen LogP contribution in [0.5, 0.6) is 5.88 Å². The molecule has 0 aliphatic heterocycles. The fourth-order valence-corrected chi connectivity index (χ4v) is 2.20. The Kier molecular flexibility index (Phi) is 4.08. The number of hydrogen-bond acceptors (Lipinski definition) is 4. The summed E-state index contributed by atoms with van der Waals surface area (Å²) in [6.07, 6.45) is 6.38. The predicted octanol–water partition coefficient (Wildman–Crippen LogP) is 1.71. The fourth-order valence-electron chi connectivity index (χ4n) is 1.93. The minimum absolute atomic E-state index is 0.499. The van der Waals surface area contributed by atoms with Crippen molar-refractivity contribution in [2.24, 2.45) is 0 Å². The first-order chi connectivity index (χ1) is 8.28. The van der Waals surface area contributed by atoms with Crippen molar-refractivity contribution >= 4 is 23.1 Å². The molecule has 1 aliphatic rings. The van der Waals surface area contributed by atoms with Gasteiger partial charge in [0.05, 0.1) is 7.11 Å². The zero-order valence-corrected chi connectivity index (χ0v) is 10.6. The number of anilines is 1. The number of nitrogens with one attached hydrogen (secondary N) is 2. The molecule has 2 rings (SSSR count). The zero-order chi connectivity index (χ0) is 12.1. The summed E-state index contributed by atoms with van der Waals surface area (Å²) >= 11 is 5.23. The van der Waals surface area contributed by atoms with Gasteiger partial charge in [0, 0.05) is 12.1 Å². The van der Waals surface area contributed by atoms with E-state index in [1.54, 1.807) is 13.2 Å². The second kappa shape index (κ2) is 5.77. The molecule has 6 heteroatoms. The number of nitrogens with zero attached hydrogens (tertiary/aromatic N) is 2. The Hall–Kier alpha value is -1.43. The topological polar surface area (TPSA) is 59.1 Å². The van der Waals surface area contributed by atoms with E-state index in [-0.39, 0.29) is 0 Å². The Bertz CT molecular complexity index is 393. The minimum Gasteiger partial charge on any atom is -0.481 e. The van der Waals surface area contributed by atoms with E-state index in [2.05, 4.69) is 20.6 Å². The molecule has 1 fully saturated rings. The van der Waals surface area contributed by atoms with Gasteiger partial charge in [-0.2, -0.15) is 0 Å². The Balaban J connectivity index is 1.88. The van der Waals surface area contributed by atoms with Crippen molar-refractivity contribution in [2.45, 2.75) is 31.7 Å². The standard InChI is InChI=1S/C11H16N4OS/c1-16-10-6-9(12-7-13-10)15-11(17)14-8-4-2-3-5-8/h6-8H,2-5H2,1H3,(H2,12,13,14,15,17). The molecule has 0 amide bonds. The van der Waals surface area contributed by atoms with E-state index >= 15 is 0 Å². The molecule has 0 unspecified atom stereocenters. The highest BCUT2D eigenvalue weighted by Crippen LogP contribution is 2.17. The molecular weight excluding hydrogens is 236 g/mol. The van der Waals surface area contributed by atoms with Gasteiger partial charge in [0.2, 0.25) is 5.88 Å². The molecule has 1 aromatic rings. The van der Waals surface area contributed by atoms with Gasteiger partial charge in [-0.1, -0.05) is 12.8 Å². The average Bonchev–Trinajstić information content (AvgIpc) is 2.82. The van der Waals surface area contributed by atoms with Gasteiger partial charge in [-0.3, -0.25) is 0 Å². The molecule has 0 radical (unpaired) electrons. The highest BCUT2D eigenvalue weighted by Gasteiger charge is 2.15. The third-order valence-corrected chi connectivity index (χ3v) is 3.00. The zero-order valence-electron chi connectivity index (χ0n) is 9.77. The van der Waals surface area contributed by atoms with Crippen molar-refractivity contribution < 1.29 is 4.74 Å². The Morgan fingerprint density at radius 1 is 1.41 bits per heavy atom. The molecule has 1 aromatic heterocycles. The molecule has 0 atom stereocenters. The first kappa shape index (κ1) is 12.0. The van der Waals surface area contributed by atoms with Crippen molar-refractivity contribution in [3.63, 3.8) is 0 Å². The van der Waals surface area contributed by atoms with Crippen molar-refractivity contribution in [3.8, 4) is 5.88 Å². The van der Waals surface area contributed by atoms with Crippen LogP contribution in [0.4, 0.5) is 5.82 Å². The Morgan fingerprint density at radius 3 is 2.88 bits per heavy atom. The quantitative estimate of drug-likeness (QED) is 0.799. The van der Waals surface area contributed by atoms with Crippen LogP contribution in [0.3, 0.4) is 0 Å². The summed E-state index contributed by atoms with van der Waals surface area (Å²) in [6, 6.07) is 2.21. The van der Waals surface area contributed by atoms with E-state index in [1.165, 1.54) is 32.0 Å². The highest BCUT2D eigenvalue weighted by molar-refractivity contribution is 7.80. The lowest BCUT2D eigenvalue weighted by molar-refractivity contribution is 0.397. The minimum atomic E-state index is 0.499. The van der Waals surface area contributed by atoms with Crippen LogP contribution in [0, 0.1) is 0 Å². The molecule has 17 heavy (non-hydrogen) atoms. The van der Waals surface area contributed by atoms with Gasteiger partial charge >= 0.3 is 0 Å². The van der Waals surface area contributed by atoms with E-state index < -0.39 is 0 Å². The van der Waals surface area contributed by atoms with Crippen LogP contribution in [0.25, 0.3) is 0 Å². The van der Waals surface area contributed by atoms with Gasteiger partial charge in [-0.25, -0.2) is 9.97 Å². The molecule has 1 saturated carbocycles. The lowest BCUT2D eigenvalue weighted by Gasteiger charge is -2.15. The summed E-state index contributed by atoms with van der Waals surface area (Å²) in [5.74, 6) is 1.17. The molecule has 92 valence electrons. The van der Waals surface area contributed by atoms with Crippen LogP contribution < -0.4 is 15.4 Å². The third kappa shape index (κ3) is 3.52. The summed E-state index contributed by atoms with van der Waals surface area (Å²) in [5.41, 5.74) is 0. The van der Waals surface area contributed by atoms with Gasteiger partial charge < -0.3 is 15.4 Å². The van der Waals surface area contributed by atoms with E-state index in [1.807, 2.05) is 0 Å². The molecule has 0 saturated heterocycles. The molecule has 1 aliphatic carbocycles. The second-order valence-electron chi connectivity index (χ2n) is 4.03. The number of thiocarbonyl (C=S) groups is 1. The molecule has 0 spiro atoms. The highest BCUT2D eigenvalue weighted by atomic mass is 32.1. The normalized spacial score (nSPS) is 15.6. The smallest absolute Gasteiger partial charge is 0.218 e. The Morgan fingerprint density at radius 2 is 2.18 bits per heavy atom. The van der Waals surface area contributed by atoms with Gasteiger partial charge in [0.25, 0.3) is 0 Å². The predicted molar refractivity (Wildman–Crippen MR) is 70.2 cm³/mol. The maximum atomic E-state index is 5.23. The van der Waals surface area contributed by atoms with Crippen molar-refractivity contribution in [1.82, 2.24) is 15.3 Å². The molecule has 5 nitrogen and oxygen atoms in total. The fraction of sp³-hybridized carbons (Fsp3) is 0.545. The first-order valence-corrected chi connectivity index (χ1v) is 6.12. The molecule has 2 N–H and O–H groups in total. The van der Waals surface area contributed by atoms with Gasteiger partial charge in [0.15, 0.2) is 5.11 Å². The van der Waals surface area contributed by atoms with Gasteiger partial charge in [-0.15, -0.1) is 0 Å². The summed E-state index contributed by atoms with van der Waals surface area (Å²) in [5, 5.41) is 6.93.